The second-order valence-corrected chi connectivity index (χ2v) is 3.59. The standard InChI is InChI=1S/C7H8O4S/c1-2-6(9)12-4-3-5(8)11-7(4)10/h4H,2-3H2,1H3. The number of hydrogen-bond acceptors (Lipinski definition) is 5. The van der Waals surface area contributed by atoms with Crippen LogP contribution < -0.4 is 0 Å². The third kappa shape index (κ3) is 2.07. The van der Waals surface area contributed by atoms with Gasteiger partial charge in [-0.2, -0.15) is 0 Å². The van der Waals surface area contributed by atoms with E-state index >= 15 is 0 Å². The maximum absolute atomic E-state index is 10.9. The Morgan fingerprint density at radius 3 is 2.75 bits per heavy atom. The Bertz CT molecular complexity index is 236. The molecule has 1 saturated heterocycles. The van der Waals surface area contributed by atoms with E-state index in [9.17, 15) is 14.4 Å². The van der Waals surface area contributed by atoms with E-state index in [4.69, 9.17) is 0 Å². The molecular formula is C7H8O4S. The van der Waals surface area contributed by atoms with Gasteiger partial charge in [-0.15, -0.1) is 0 Å². The fourth-order valence-corrected chi connectivity index (χ4v) is 1.63. The number of thioether (sulfide) groups is 1. The summed E-state index contributed by atoms with van der Waals surface area (Å²) in [5.74, 6) is -1.13. The molecule has 0 spiro atoms. The van der Waals surface area contributed by atoms with Crippen molar-refractivity contribution in [1.29, 1.82) is 0 Å². The summed E-state index contributed by atoms with van der Waals surface area (Å²) in [6.07, 6.45) is 0.387. The molecule has 4 nitrogen and oxygen atoms in total. The van der Waals surface area contributed by atoms with Crippen LogP contribution in [-0.4, -0.2) is 22.3 Å². The predicted octanol–water partition coefficient (Wildman–Crippen LogP) is 0.498. The van der Waals surface area contributed by atoms with Gasteiger partial charge in [-0.05, 0) is 0 Å². The second kappa shape index (κ2) is 3.71. The van der Waals surface area contributed by atoms with Crippen LogP contribution in [0.25, 0.3) is 0 Å². The Hall–Kier alpha value is -0.840. The Morgan fingerprint density at radius 2 is 2.33 bits per heavy atom. The van der Waals surface area contributed by atoms with Crippen LogP contribution >= 0.6 is 11.8 Å². The molecule has 5 heteroatoms. The van der Waals surface area contributed by atoms with Gasteiger partial charge < -0.3 is 4.74 Å². The zero-order valence-electron chi connectivity index (χ0n) is 6.53. The van der Waals surface area contributed by atoms with Gasteiger partial charge in [0, 0.05) is 6.42 Å². The molecule has 1 aliphatic rings. The third-order valence-electron chi connectivity index (χ3n) is 1.39. The van der Waals surface area contributed by atoms with Crippen LogP contribution in [0.1, 0.15) is 19.8 Å². The summed E-state index contributed by atoms with van der Waals surface area (Å²) in [7, 11) is 0. The van der Waals surface area contributed by atoms with E-state index in [1.165, 1.54) is 0 Å². The molecule has 1 heterocycles. The van der Waals surface area contributed by atoms with Gasteiger partial charge in [0.05, 0.1) is 6.42 Å². The summed E-state index contributed by atoms with van der Waals surface area (Å²) in [4.78, 5) is 32.2. The number of rotatable bonds is 2. The van der Waals surface area contributed by atoms with Crippen molar-refractivity contribution < 1.29 is 19.1 Å². The minimum absolute atomic E-state index is 0.0231. The summed E-state index contributed by atoms with van der Waals surface area (Å²) in [5, 5.41) is -0.698. The maximum Gasteiger partial charge on any atom is 0.327 e. The van der Waals surface area contributed by atoms with Crippen LogP contribution in [0.3, 0.4) is 0 Å². The first-order valence-electron chi connectivity index (χ1n) is 3.57. The van der Waals surface area contributed by atoms with E-state index in [0.29, 0.717) is 6.42 Å². The van der Waals surface area contributed by atoms with Crippen molar-refractivity contribution >= 4 is 28.8 Å². The molecule has 0 saturated carbocycles. The highest BCUT2D eigenvalue weighted by Crippen LogP contribution is 2.23. The molecule has 1 atom stereocenters. The molecule has 0 aliphatic carbocycles. The minimum Gasteiger partial charge on any atom is -0.392 e. The van der Waals surface area contributed by atoms with Crippen molar-refractivity contribution in [3.05, 3.63) is 0 Å². The van der Waals surface area contributed by atoms with Gasteiger partial charge in [0.15, 0.2) is 5.12 Å². The van der Waals surface area contributed by atoms with Crippen molar-refractivity contribution in [3.8, 4) is 0 Å². The van der Waals surface area contributed by atoms with Crippen molar-refractivity contribution in [2.24, 2.45) is 0 Å². The molecule has 1 rings (SSSR count). The minimum atomic E-state index is -0.607. The van der Waals surface area contributed by atoms with Crippen LogP contribution in [0, 0.1) is 0 Å². The first-order valence-corrected chi connectivity index (χ1v) is 4.45. The highest BCUT2D eigenvalue weighted by molar-refractivity contribution is 8.14. The van der Waals surface area contributed by atoms with E-state index in [1.807, 2.05) is 0 Å². The van der Waals surface area contributed by atoms with Crippen molar-refractivity contribution in [2.45, 2.75) is 25.0 Å². The fraction of sp³-hybridized carbons (Fsp3) is 0.571. The number of carbonyl (C=O) groups excluding carboxylic acids is 3. The van der Waals surface area contributed by atoms with Crippen molar-refractivity contribution in [1.82, 2.24) is 0 Å². The van der Waals surface area contributed by atoms with Crippen LogP contribution in [0.15, 0.2) is 0 Å². The normalized spacial score (nSPS) is 22.6. The molecule has 1 aliphatic heterocycles. The number of carbonyl (C=O) groups is 3. The fourth-order valence-electron chi connectivity index (χ4n) is 0.786. The Labute approximate surface area is 73.6 Å². The molecule has 0 aromatic heterocycles. The van der Waals surface area contributed by atoms with Crippen LogP contribution in [0.2, 0.25) is 0 Å². The Morgan fingerprint density at radius 1 is 1.67 bits per heavy atom. The summed E-state index contributed by atoms with van der Waals surface area (Å²) >= 11 is 0.885. The van der Waals surface area contributed by atoms with E-state index in [1.54, 1.807) is 6.92 Å². The van der Waals surface area contributed by atoms with Gasteiger partial charge >= 0.3 is 11.9 Å². The molecule has 12 heavy (non-hydrogen) atoms. The van der Waals surface area contributed by atoms with E-state index in [2.05, 4.69) is 4.74 Å². The van der Waals surface area contributed by atoms with E-state index in [0.717, 1.165) is 11.8 Å². The molecule has 0 radical (unpaired) electrons. The van der Waals surface area contributed by atoms with Gasteiger partial charge in [0.1, 0.15) is 5.25 Å². The van der Waals surface area contributed by atoms with Gasteiger partial charge in [-0.1, -0.05) is 18.7 Å². The summed E-state index contributed by atoms with van der Waals surface area (Å²) in [5.41, 5.74) is 0. The zero-order chi connectivity index (χ0) is 9.14. The van der Waals surface area contributed by atoms with Gasteiger partial charge in [-0.25, -0.2) is 0 Å². The van der Waals surface area contributed by atoms with Crippen LogP contribution in [0.5, 0.6) is 0 Å². The number of esters is 2. The molecular weight excluding hydrogens is 180 g/mol. The monoisotopic (exact) mass is 188 g/mol. The van der Waals surface area contributed by atoms with E-state index in [-0.39, 0.29) is 11.5 Å². The first kappa shape index (κ1) is 9.25. The third-order valence-corrected chi connectivity index (χ3v) is 2.59. The smallest absolute Gasteiger partial charge is 0.327 e. The second-order valence-electron chi connectivity index (χ2n) is 2.33. The lowest BCUT2D eigenvalue weighted by molar-refractivity contribution is -0.151. The lowest BCUT2D eigenvalue weighted by Crippen LogP contribution is -2.12. The lowest BCUT2D eigenvalue weighted by atomic mass is 10.4. The largest absolute Gasteiger partial charge is 0.392 e. The number of cyclic esters (lactones) is 2. The van der Waals surface area contributed by atoms with Gasteiger partial charge in [0.2, 0.25) is 0 Å². The Balaban J connectivity index is 2.48. The number of hydrogen-bond donors (Lipinski definition) is 0. The first-order chi connectivity index (χ1) is 5.63. The quantitative estimate of drug-likeness (QED) is 0.466. The molecule has 0 bridgehead atoms. The van der Waals surface area contributed by atoms with Crippen molar-refractivity contribution in [3.63, 3.8) is 0 Å². The average molecular weight is 188 g/mol. The predicted molar refractivity (Wildman–Crippen MR) is 42.4 cm³/mol. The van der Waals surface area contributed by atoms with Gasteiger partial charge in [0.25, 0.3) is 0 Å². The van der Waals surface area contributed by atoms with E-state index < -0.39 is 17.2 Å². The zero-order valence-corrected chi connectivity index (χ0v) is 7.35. The van der Waals surface area contributed by atoms with Gasteiger partial charge in [-0.3, -0.25) is 14.4 Å². The number of ether oxygens (including phenoxy) is 1. The SMILES string of the molecule is CCC(=O)SC1CC(=O)OC1=O. The molecule has 0 amide bonds. The summed E-state index contributed by atoms with van der Waals surface area (Å²) in [6.45, 7) is 1.71. The lowest BCUT2D eigenvalue weighted by Gasteiger charge is -1.99. The average Bonchev–Trinajstić information content (AvgIpc) is 2.30. The highest BCUT2D eigenvalue weighted by atomic mass is 32.2. The summed E-state index contributed by atoms with van der Waals surface area (Å²) < 4.78 is 4.27. The summed E-state index contributed by atoms with van der Waals surface area (Å²) in [6, 6.07) is 0. The van der Waals surface area contributed by atoms with Crippen molar-refractivity contribution in [2.75, 3.05) is 0 Å². The molecule has 66 valence electrons. The maximum atomic E-state index is 10.9. The van der Waals surface area contributed by atoms with Crippen LogP contribution in [-0.2, 0) is 19.1 Å². The molecule has 1 unspecified atom stereocenters. The molecule has 0 N–H and O–H groups in total. The highest BCUT2D eigenvalue weighted by Gasteiger charge is 2.35. The molecule has 0 aromatic rings. The van der Waals surface area contributed by atoms with Crippen LogP contribution in [0.4, 0.5) is 0 Å². The topological polar surface area (TPSA) is 60.4 Å². The molecule has 0 aromatic carbocycles. The Kier molecular flexibility index (Phi) is 2.86. The molecule has 1 fully saturated rings.